The van der Waals surface area contributed by atoms with E-state index in [2.05, 4.69) is 19.9 Å². The van der Waals surface area contributed by atoms with E-state index in [9.17, 15) is 30.4 Å². The SMILES string of the molecule is O=C(O)C(F)(F)F.O=S(=O)(Nc1cscn1)c1c(F)cc(Nc2c(Cl)cccc2CN2CCC2)cc1F. The number of para-hydroxylation sites is 1. The zero-order valence-electron chi connectivity index (χ0n) is 18.5. The molecule has 0 aliphatic carbocycles. The number of halogens is 6. The van der Waals surface area contributed by atoms with Gasteiger partial charge in [0.1, 0.15) is 11.6 Å². The topological polar surface area (TPSA) is 112 Å². The molecule has 1 aliphatic rings. The van der Waals surface area contributed by atoms with Crippen molar-refractivity contribution in [1.29, 1.82) is 0 Å². The van der Waals surface area contributed by atoms with E-state index >= 15 is 0 Å². The van der Waals surface area contributed by atoms with Gasteiger partial charge in [-0.3, -0.25) is 9.62 Å². The van der Waals surface area contributed by atoms with Gasteiger partial charge in [-0.25, -0.2) is 27.0 Å². The van der Waals surface area contributed by atoms with Crippen LogP contribution in [0.3, 0.4) is 0 Å². The van der Waals surface area contributed by atoms with Gasteiger partial charge in [-0.15, -0.1) is 11.3 Å². The molecule has 0 unspecified atom stereocenters. The summed E-state index contributed by atoms with van der Waals surface area (Å²) in [7, 11) is -4.48. The molecule has 8 nitrogen and oxygen atoms in total. The monoisotopic (exact) mass is 584 g/mol. The Labute approximate surface area is 216 Å². The number of carbonyl (C=O) groups is 1. The van der Waals surface area contributed by atoms with E-state index in [4.69, 9.17) is 21.5 Å². The normalized spacial score (nSPS) is 13.8. The number of benzene rings is 2. The molecule has 0 saturated carbocycles. The summed E-state index contributed by atoms with van der Waals surface area (Å²) >= 11 is 7.46. The van der Waals surface area contributed by atoms with Crippen molar-refractivity contribution in [2.75, 3.05) is 23.1 Å². The van der Waals surface area contributed by atoms with Crippen LogP contribution in [0.5, 0.6) is 0 Å². The minimum absolute atomic E-state index is 0.00675. The molecule has 0 spiro atoms. The second-order valence-electron chi connectivity index (χ2n) is 7.58. The second-order valence-corrected chi connectivity index (χ2v) is 10.3. The molecule has 200 valence electrons. The van der Waals surface area contributed by atoms with Crippen LogP contribution in [0.2, 0.25) is 5.02 Å². The summed E-state index contributed by atoms with van der Waals surface area (Å²) in [6, 6.07) is 7.22. The van der Waals surface area contributed by atoms with Gasteiger partial charge >= 0.3 is 12.1 Å². The Hall–Kier alpha value is -3.01. The highest BCUT2D eigenvalue weighted by Crippen LogP contribution is 2.33. The summed E-state index contributed by atoms with van der Waals surface area (Å²) in [6.07, 6.45) is -3.95. The Balaban J connectivity index is 0.000000479. The molecule has 1 aromatic heterocycles. The van der Waals surface area contributed by atoms with E-state index in [-0.39, 0.29) is 11.5 Å². The van der Waals surface area contributed by atoms with Crippen molar-refractivity contribution in [1.82, 2.24) is 9.88 Å². The van der Waals surface area contributed by atoms with Gasteiger partial charge in [0, 0.05) is 17.6 Å². The van der Waals surface area contributed by atoms with Gasteiger partial charge in [-0.1, -0.05) is 23.7 Å². The van der Waals surface area contributed by atoms with E-state index in [1.54, 1.807) is 6.07 Å². The third kappa shape index (κ3) is 7.50. The molecule has 16 heteroatoms. The molecule has 4 rings (SSSR count). The van der Waals surface area contributed by atoms with E-state index in [1.165, 1.54) is 10.9 Å². The summed E-state index contributed by atoms with van der Waals surface area (Å²) in [4.78, 5) is 13.8. The van der Waals surface area contributed by atoms with Gasteiger partial charge < -0.3 is 10.4 Å². The van der Waals surface area contributed by atoms with Crippen LogP contribution in [0.1, 0.15) is 12.0 Å². The first-order valence-electron chi connectivity index (χ1n) is 10.2. The van der Waals surface area contributed by atoms with Crippen molar-refractivity contribution in [3.05, 3.63) is 63.4 Å². The lowest BCUT2D eigenvalue weighted by Gasteiger charge is -2.31. The molecule has 37 heavy (non-hydrogen) atoms. The molecular formula is C21H18ClF5N4O4S2. The number of hydrogen-bond acceptors (Lipinski definition) is 7. The van der Waals surface area contributed by atoms with Gasteiger partial charge in [0.05, 0.1) is 16.2 Å². The Kier molecular flexibility index (Phi) is 8.94. The fourth-order valence-electron chi connectivity index (χ4n) is 3.11. The molecule has 2 aromatic carbocycles. The Morgan fingerprint density at radius 1 is 1.19 bits per heavy atom. The number of alkyl halides is 3. The van der Waals surface area contributed by atoms with Crippen LogP contribution in [-0.4, -0.2) is 48.6 Å². The Morgan fingerprint density at radius 3 is 2.30 bits per heavy atom. The lowest BCUT2D eigenvalue weighted by Crippen LogP contribution is -2.36. The molecule has 0 atom stereocenters. The summed E-state index contributed by atoms with van der Waals surface area (Å²) in [5.74, 6) is -5.21. The van der Waals surface area contributed by atoms with Crippen molar-refractivity contribution in [3.8, 4) is 0 Å². The quantitative estimate of drug-likeness (QED) is 0.316. The molecule has 1 saturated heterocycles. The number of likely N-dealkylation sites (tertiary alicyclic amines) is 1. The maximum Gasteiger partial charge on any atom is 0.490 e. The lowest BCUT2D eigenvalue weighted by atomic mass is 10.1. The second kappa shape index (κ2) is 11.6. The molecular weight excluding hydrogens is 567 g/mol. The number of aliphatic carboxylic acids is 1. The average molecular weight is 585 g/mol. The Morgan fingerprint density at radius 2 is 1.81 bits per heavy atom. The van der Waals surface area contributed by atoms with Gasteiger partial charge in [0.15, 0.2) is 10.7 Å². The van der Waals surface area contributed by atoms with Crippen LogP contribution in [0.4, 0.5) is 39.1 Å². The standard InChI is InChI=1S/C19H17ClF2N4O2S2.C2HF3O2/c20-14-4-1-3-12(9-26-5-2-6-26)18(14)24-13-7-15(21)19(16(22)8-13)30(27,28)25-17-10-29-11-23-17;3-2(4,5)1(6)7/h1,3-4,7-8,10-11,24-25H,2,5-6,9H2;(H,6,7). The summed E-state index contributed by atoms with van der Waals surface area (Å²) in [5.41, 5.74) is 2.86. The van der Waals surface area contributed by atoms with Crippen LogP contribution in [-0.2, 0) is 21.4 Å². The molecule has 2 heterocycles. The maximum absolute atomic E-state index is 14.7. The van der Waals surface area contributed by atoms with Crippen LogP contribution in [0.15, 0.2) is 46.1 Å². The highest BCUT2D eigenvalue weighted by Gasteiger charge is 2.38. The molecule has 0 radical (unpaired) electrons. The number of hydrogen-bond donors (Lipinski definition) is 3. The third-order valence-corrected chi connectivity index (χ3v) is 7.20. The fourth-order valence-corrected chi connectivity index (χ4v) is 5.03. The predicted octanol–water partition coefficient (Wildman–Crippen LogP) is 5.46. The Bertz CT molecular complexity index is 1340. The van der Waals surface area contributed by atoms with Gasteiger partial charge in [-0.05, 0) is 43.3 Å². The number of aromatic nitrogens is 1. The van der Waals surface area contributed by atoms with Gasteiger partial charge in [0.2, 0.25) is 0 Å². The van der Waals surface area contributed by atoms with E-state index in [1.807, 2.05) is 12.1 Å². The molecule has 1 fully saturated rings. The number of rotatable bonds is 7. The molecule has 3 aromatic rings. The largest absolute Gasteiger partial charge is 0.490 e. The molecule has 0 bridgehead atoms. The van der Waals surface area contributed by atoms with Crippen molar-refractivity contribution in [2.24, 2.45) is 0 Å². The smallest absolute Gasteiger partial charge is 0.475 e. The van der Waals surface area contributed by atoms with Crippen molar-refractivity contribution < 1.29 is 40.3 Å². The third-order valence-electron chi connectivity index (χ3n) is 4.89. The first kappa shape index (κ1) is 28.6. The summed E-state index contributed by atoms with van der Waals surface area (Å²) < 4.78 is 87.9. The number of anilines is 3. The fraction of sp³-hybridized carbons (Fsp3) is 0.238. The highest BCUT2D eigenvalue weighted by atomic mass is 35.5. The number of thiazole rings is 1. The first-order chi connectivity index (χ1) is 17.3. The zero-order valence-corrected chi connectivity index (χ0v) is 20.9. The number of sulfonamides is 1. The summed E-state index contributed by atoms with van der Waals surface area (Å²) in [6.45, 7) is 2.61. The van der Waals surface area contributed by atoms with Gasteiger partial charge in [0.25, 0.3) is 10.0 Å². The van der Waals surface area contributed by atoms with Crippen LogP contribution in [0.25, 0.3) is 0 Å². The molecule has 3 N–H and O–H groups in total. The first-order valence-corrected chi connectivity index (χ1v) is 13.0. The minimum atomic E-state index is -5.08. The summed E-state index contributed by atoms with van der Waals surface area (Å²) in [5, 5.41) is 11.9. The minimum Gasteiger partial charge on any atom is -0.475 e. The van der Waals surface area contributed by atoms with Crippen molar-refractivity contribution >= 4 is 56.1 Å². The number of carboxylic acids is 1. The van der Waals surface area contributed by atoms with Crippen molar-refractivity contribution in [2.45, 2.75) is 24.0 Å². The molecule has 1 aliphatic heterocycles. The van der Waals surface area contributed by atoms with Crippen molar-refractivity contribution in [3.63, 3.8) is 0 Å². The van der Waals surface area contributed by atoms with E-state index in [0.29, 0.717) is 17.3 Å². The highest BCUT2D eigenvalue weighted by molar-refractivity contribution is 7.92. The van der Waals surface area contributed by atoms with E-state index < -0.39 is 38.7 Å². The maximum atomic E-state index is 14.7. The van der Waals surface area contributed by atoms with Crippen LogP contribution < -0.4 is 10.0 Å². The van der Waals surface area contributed by atoms with Crippen LogP contribution >= 0.6 is 22.9 Å². The zero-order chi connectivity index (χ0) is 27.4. The number of carboxylic acid groups (broad SMARTS) is 1. The van der Waals surface area contributed by atoms with Gasteiger partial charge in [-0.2, -0.15) is 13.2 Å². The molecule has 0 amide bonds. The van der Waals surface area contributed by atoms with E-state index in [0.717, 1.165) is 48.5 Å². The van der Waals surface area contributed by atoms with Crippen LogP contribution in [0, 0.1) is 11.6 Å². The average Bonchev–Trinajstić information content (AvgIpc) is 3.24. The number of nitrogens with zero attached hydrogens (tertiary/aromatic N) is 2. The lowest BCUT2D eigenvalue weighted by molar-refractivity contribution is -0.192. The number of nitrogens with one attached hydrogen (secondary N) is 2. The predicted molar refractivity (Wildman–Crippen MR) is 128 cm³/mol.